The molecule has 3 aromatic rings. The molecule has 4 rings (SSSR count). The van der Waals surface area contributed by atoms with E-state index >= 15 is 0 Å². The number of carbonyl (C=O) groups is 3. The van der Waals surface area contributed by atoms with Crippen molar-refractivity contribution in [1.29, 1.82) is 0 Å². The van der Waals surface area contributed by atoms with Crippen LogP contribution in [0.5, 0.6) is 0 Å². The van der Waals surface area contributed by atoms with Crippen LogP contribution in [0.4, 0.5) is 0 Å². The Hall–Kier alpha value is -3.48. The number of hydrogen-bond donors (Lipinski definition) is 0. The SMILES string of the molecule is CCOC(OCC)c1c(C(=O)OC)ncn1[C@@H]1CC(OC(=O)c2ccc(Cl)cc2)C(COC(=O)c2ccc(Cl)cc2)O1. The van der Waals surface area contributed by atoms with E-state index in [4.69, 9.17) is 51.6 Å². The first-order valence-electron chi connectivity index (χ1n) is 13.2. The largest absolute Gasteiger partial charge is 0.464 e. The van der Waals surface area contributed by atoms with Gasteiger partial charge in [-0.25, -0.2) is 19.4 Å². The first-order chi connectivity index (χ1) is 20.2. The lowest BCUT2D eigenvalue weighted by Crippen LogP contribution is -2.32. The van der Waals surface area contributed by atoms with Crippen molar-refractivity contribution >= 4 is 41.1 Å². The zero-order chi connectivity index (χ0) is 30.2. The zero-order valence-corrected chi connectivity index (χ0v) is 24.7. The van der Waals surface area contributed by atoms with Crippen LogP contribution < -0.4 is 0 Å². The van der Waals surface area contributed by atoms with Crippen LogP contribution in [0.25, 0.3) is 0 Å². The van der Waals surface area contributed by atoms with E-state index in [0.717, 1.165) is 0 Å². The van der Waals surface area contributed by atoms with Crippen molar-refractivity contribution in [3.63, 3.8) is 0 Å². The van der Waals surface area contributed by atoms with Gasteiger partial charge in [0.2, 0.25) is 6.29 Å². The molecule has 1 aromatic heterocycles. The highest BCUT2D eigenvalue weighted by Crippen LogP contribution is 2.36. The van der Waals surface area contributed by atoms with Crippen LogP contribution in [-0.4, -0.2) is 66.6 Å². The molecular weight excluding hydrogens is 591 g/mol. The average Bonchev–Trinajstić information content (AvgIpc) is 3.60. The van der Waals surface area contributed by atoms with E-state index in [1.807, 2.05) is 0 Å². The predicted octanol–water partition coefficient (Wildman–Crippen LogP) is 5.42. The van der Waals surface area contributed by atoms with Gasteiger partial charge in [0.15, 0.2) is 5.69 Å². The van der Waals surface area contributed by atoms with Gasteiger partial charge in [0.05, 0.1) is 24.6 Å². The highest BCUT2D eigenvalue weighted by Gasteiger charge is 2.42. The molecule has 0 spiro atoms. The number of hydrogen-bond acceptors (Lipinski definition) is 10. The zero-order valence-electron chi connectivity index (χ0n) is 23.2. The van der Waals surface area contributed by atoms with E-state index in [9.17, 15) is 14.4 Å². The van der Waals surface area contributed by atoms with Gasteiger partial charge >= 0.3 is 17.9 Å². The van der Waals surface area contributed by atoms with E-state index in [-0.39, 0.29) is 43.2 Å². The summed E-state index contributed by atoms with van der Waals surface area (Å²) in [6, 6.07) is 12.4. The van der Waals surface area contributed by atoms with E-state index < -0.39 is 42.6 Å². The van der Waals surface area contributed by atoms with Crippen molar-refractivity contribution in [3.8, 4) is 0 Å². The Morgan fingerprint density at radius 3 is 2.05 bits per heavy atom. The van der Waals surface area contributed by atoms with Crippen LogP contribution in [0.2, 0.25) is 10.0 Å². The maximum Gasteiger partial charge on any atom is 0.358 e. The summed E-state index contributed by atoms with van der Waals surface area (Å²) < 4.78 is 35.6. The van der Waals surface area contributed by atoms with Gasteiger partial charge in [-0.3, -0.25) is 0 Å². The summed E-state index contributed by atoms with van der Waals surface area (Å²) in [7, 11) is 1.24. The Bertz CT molecular complexity index is 1370. The Labute approximate surface area is 252 Å². The summed E-state index contributed by atoms with van der Waals surface area (Å²) in [6.07, 6.45) is -1.93. The molecule has 42 heavy (non-hydrogen) atoms. The molecule has 1 fully saturated rings. The van der Waals surface area contributed by atoms with Crippen LogP contribution in [0.15, 0.2) is 54.9 Å². The number of halogens is 2. The van der Waals surface area contributed by atoms with Crippen molar-refractivity contribution in [2.24, 2.45) is 0 Å². The van der Waals surface area contributed by atoms with Gasteiger partial charge in [0.25, 0.3) is 0 Å². The van der Waals surface area contributed by atoms with Crippen LogP contribution in [0.3, 0.4) is 0 Å². The standard InChI is InChI=1S/C29H30Cl2N2O9/c1-4-38-29(39-5-2)25-24(28(36)37-3)32-16-33(25)23-14-21(42-27(35)18-8-12-20(31)13-9-18)22(41-23)15-40-26(34)17-6-10-19(30)11-7-17/h6-13,16,21-23,29H,4-5,14-15H2,1-3H3/t21?,22?,23-/m0/s1. The molecule has 0 saturated carbocycles. The normalized spacial score (nSPS) is 18.2. The Morgan fingerprint density at radius 2 is 1.50 bits per heavy atom. The molecule has 2 heterocycles. The lowest BCUT2D eigenvalue weighted by molar-refractivity contribution is -0.148. The third kappa shape index (κ3) is 7.47. The maximum atomic E-state index is 13.0. The Kier molecular flexibility index (Phi) is 10.9. The second kappa shape index (κ2) is 14.6. The van der Waals surface area contributed by atoms with Gasteiger partial charge in [0.1, 0.15) is 30.7 Å². The molecule has 0 radical (unpaired) electrons. The molecule has 2 unspecified atom stereocenters. The number of methoxy groups -OCH3 is 1. The number of aromatic nitrogens is 2. The summed E-state index contributed by atoms with van der Waals surface area (Å²) in [5, 5.41) is 0.942. The van der Waals surface area contributed by atoms with Crippen molar-refractivity contribution in [2.75, 3.05) is 26.9 Å². The average molecular weight is 621 g/mol. The topological polar surface area (TPSA) is 124 Å². The molecule has 11 nitrogen and oxygen atoms in total. The van der Waals surface area contributed by atoms with Crippen molar-refractivity contribution in [1.82, 2.24) is 9.55 Å². The molecule has 0 amide bonds. The quantitative estimate of drug-likeness (QED) is 0.147. The third-order valence-corrected chi connectivity index (χ3v) is 6.86. The van der Waals surface area contributed by atoms with Crippen molar-refractivity contribution in [3.05, 3.63) is 87.4 Å². The number of nitrogens with zero attached hydrogens (tertiary/aromatic N) is 2. The van der Waals surface area contributed by atoms with E-state index in [1.54, 1.807) is 54.8 Å². The number of rotatable bonds is 12. The summed E-state index contributed by atoms with van der Waals surface area (Å²) in [6.45, 7) is 3.91. The monoisotopic (exact) mass is 620 g/mol. The highest BCUT2D eigenvalue weighted by molar-refractivity contribution is 6.31. The van der Waals surface area contributed by atoms with Crippen LogP contribution in [-0.2, 0) is 28.4 Å². The van der Waals surface area contributed by atoms with Crippen LogP contribution in [0, 0.1) is 0 Å². The molecule has 1 aliphatic heterocycles. The number of ether oxygens (including phenoxy) is 6. The fourth-order valence-corrected chi connectivity index (χ4v) is 4.61. The third-order valence-electron chi connectivity index (χ3n) is 6.36. The molecule has 0 bridgehead atoms. The molecule has 1 saturated heterocycles. The van der Waals surface area contributed by atoms with Crippen molar-refractivity contribution in [2.45, 2.75) is 45.0 Å². The first kappa shape index (κ1) is 31.5. The number of carbonyl (C=O) groups excluding carboxylic acids is 3. The second-order valence-electron chi connectivity index (χ2n) is 9.04. The van der Waals surface area contributed by atoms with E-state index in [1.165, 1.54) is 25.6 Å². The summed E-state index contributed by atoms with van der Waals surface area (Å²) in [5.41, 5.74) is 0.834. The van der Waals surface area contributed by atoms with E-state index in [2.05, 4.69) is 4.98 Å². The summed E-state index contributed by atoms with van der Waals surface area (Å²) in [4.78, 5) is 42.5. The van der Waals surface area contributed by atoms with Gasteiger partial charge in [-0.15, -0.1) is 0 Å². The minimum Gasteiger partial charge on any atom is -0.464 e. The smallest absolute Gasteiger partial charge is 0.358 e. The minimum absolute atomic E-state index is 0.0136. The number of benzene rings is 2. The predicted molar refractivity (Wildman–Crippen MR) is 150 cm³/mol. The molecule has 13 heteroatoms. The fourth-order valence-electron chi connectivity index (χ4n) is 4.36. The lowest BCUT2D eigenvalue weighted by atomic mass is 10.1. The first-order valence-corrected chi connectivity index (χ1v) is 13.9. The molecule has 0 N–H and O–H groups in total. The van der Waals surface area contributed by atoms with Crippen LogP contribution >= 0.6 is 23.2 Å². The molecule has 3 atom stereocenters. The van der Waals surface area contributed by atoms with Gasteiger partial charge < -0.3 is 33.0 Å². The summed E-state index contributed by atoms with van der Waals surface area (Å²) in [5.74, 6) is -1.91. The fraction of sp³-hybridized carbons (Fsp3) is 0.379. The maximum absolute atomic E-state index is 13.0. The molecule has 224 valence electrons. The Balaban J connectivity index is 1.61. The van der Waals surface area contributed by atoms with Crippen molar-refractivity contribution < 1.29 is 42.8 Å². The Morgan fingerprint density at radius 1 is 0.929 bits per heavy atom. The lowest BCUT2D eigenvalue weighted by Gasteiger charge is -2.23. The van der Waals surface area contributed by atoms with Gasteiger partial charge in [-0.2, -0.15) is 0 Å². The second-order valence-corrected chi connectivity index (χ2v) is 9.91. The minimum atomic E-state index is -0.961. The number of imidazole rings is 1. The molecular formula is C29H30Cl2N2O9. The summed E-state index contributed by atoms with van der Waals surface area (Å²) >= 11 is 11.9. The highest BCUT2D eigenvalue weighted by atomic mass is 35.5. The van der Waals surface area contributed by atoms with Crippen LogP contribution in [0.1, 0.15) is 69.7 Å². The van der Waals surface area contributed by atoms with Gasteiger partial charge in [0, 0.05) is 29.7 Å². The molecule has 2 aromatic carbocycles. The van der Waals surface area contributed by atoms with Gasteiger partial charge in [-0.1, -0.05) is 23.2 Å². The molecule has 1 aliphatic rings. The molecule has 0 aliphatic carbocycles. The number of esters is 3. The van der Waals surface area contributed by atoms with Gasteiger partial charge in [-0.05, 0) is 62.4 Å². The van der Waals surface area contributed by atoms with E-state index in [0.29, 0.717) is 15.6 Å².